The van der Waals surface area contributed by atoms with E-state index in [1.807, 2.05) is 12.1 Å². The molecule has 0 aromatic heterocycles. The summed E-state index contributed by atoms with van der Waals surface area (Å²) >= 11 is 0. The molecule has 1 amide bonds. The molecule has 0 bridgehead atoms. The van der Waals surface area contributed by atoms with E-state index < -0.39 is 6.04 Å². The van der Waals surface area contributed by atoms with Gasteiger partial charge in [-0.2, -0.15) is 5.26 Å². The van der Waals surface area contributed by atoms with Gasteiger partial charge in [0.1, 0.15) is 6.04 Å². The van der Waals surface area contributed by atoms with Crippen LogP contribution in [-0.2, 0) is 11.2 Å². The molecule has 1 aliphatic rings. The normalized spacial score (nSPS) is 23.0. The number of nitrogens with zero attached hydrogens (tertiary/aromatic N) is 1. The Morgan fingerprint density at radius 3 is 2.62 bits per heavy atom. The van der Waals surface area contributed by atoms with Gasteiger partial charge in [-0.05, 0) is 30.5 Å². The number of carbonyl (C=O) groups is 1. The van der Waals surface area contributed by atoms with Crippen LogP contribution in [-0.4, -0.2) is 18.0 Å². The third kappa shape index (κ3) is 4.20. The van der Waals surface area contributed by atoms with Crippen molar-refractivity contribution in [3.05, 3.63) is 29.8 Å². The molecule has 0 radical (unpaired) electrons. The predicted molar refractivity (Wildman–Crippen MR) is 82.0 cm³/mol. The molecular formula is C16H22N4O. The summed E-state index contributed by atoms with van der Waals surface area (Å²) in [6.45, 7) is 0. The fraction of sp³-hybridized carbons (Fsp3) is 0.500. The molecule has 1 saturated carbocycles. The Morgan fingerprint density at radius 2 is 2.00 bits per heavy atom. The Balaban J connectivity index is 1.94. The number of hydrogen-bond acceptors (Lipinski definition) is 4. The lowest BCUT2D eigenvalue weighted by Gasteiger charge is -2.28. The van der Waals surface area contributed by atoms with Gasteiger partial charge in [0.2, 0.25) is 5.91 Å². The number of nitrogens with two attached hydrogens (primary N) is 2. The van der Waals surface area contributed by atoms with Crippen LogP contribution in [0.5, 0.6) is 0 Å². The van der Waals surface area contributed by atoms with Crippen molar-refractivity contribution in [2.45, 2.75) is 44.2 Å². The number of rotatable bonds is 4. The lowest BCUT2D eigenvalue weighted by Crippen LogP contribution is -2.47. The molecule has 0 saturated heterocycles. The van der Waals surface area contributed by atoms with Crippen LogP contribution in [0.3, 0.4) is 0 Å². The largest absolute Gasteiger partial charge is 0.399 e. The second kappa shape index (κ2) is 7.09. The van der Waals surface area contributed by atoms with Gasteiger partial charge in [0.05, 0.1) is 12.0 Å². The highest BCUT2D eigenvalue weighted by Crippen LogP contribution is 2.23. The lowest BCUT2D eigenvalue weighted by molar-refractivity contribution is -0.126. The smallest absolute Gasteiger partial charge is 0.225 e. The van der Waals surface area contributed by atoms with Crippen molar-refractivity contribution in [3.63, 3.8) is 0 Å². The van der Waals surface area contributed by atoms with E-state index in [2.05, 4.69) is 11.4 Å². The quantitative estimate of drug-likeness (QED) is 0.726. The molecule has 1 fully saturated rings. The Morgan fingerprint density at radius 1 is 1.33 bits per heavy atom. The van der Waals surface area contributed by atoms with Crippen LogP contribution in [0, 0.1) is 17.2 Å². The van der Waals surface area contributed by atoms with Crippen molar-refractivity contribution < 1.29 is 4.79 Å². The van der Waals surface area contributed by atoms with Crippen molar-refractivity contribution >= 4 is 11.6 Å². The Kier molecular flexibility index (Phi) is 5.18. The van der Waals surface area contributed by atoms with Crippen molar-refractivity contribution in [3.8, 4) is 6.07 Å². The minimum absolute atomic E-state index is 0.0883. The average Bonchev–Trinajstić information content (AvgIpc) is 2.49. The van der Waals surface area contributed by atoms with E-state index in [9.17, 15) is 10.1 Å². The number of carbonyl (C=O) groups excluding carboxylic acids is 1. The van der Waals surface area contributed by atoms with Gasteiger partial charge in [0.25, 0.3) is 0 Å². The minimum Gasteiger partial charge on any atom is -0.399 e. The van der Waals surface area contributed by atoms with E-state index in [0.717, 1.165) is 31.2 Å². The first kappa shape index (κ1) is 15.3. The molecule has 5 N–H and O–H groups in total. The van der Waals surface area contributed by atoms with E-state index >= 15 is 0 Å². The minimum atomic E-state index is -0.532. The number of benzene rings is 1. The second-order valence-electron chi connectivity index (χ2n) is 5.69. The standard InChI is InChI=1S/C16H22N4O/c17-10-13(9-11-5-7-12(18)8-6-11)20-16(21)14-3-1-2-4-15(14)19/h5-8,13-15H,1-4,9,18-19H2,(H,20,21)/t13-,14+,15-/m0/s1. The van der Waals surface area contributed by atoms with E-state index in [-0.39, 0.29) is 17.9 Å². The van der Waals surface area contributed by atoms with Gasteiger partial charge in [0.15, 0.2) is 0 Å². The molecule has 5 nitrogen and oxygen atoms in total. The average molecular weight is 286 g/mol. The van der Waals surface area contributed by atoms with Gasteiger partial charge in [-0.1, -0.05) is 25.0 Å². The summed E-state index contributed by atoms with van der Waals surface area (Å²) in [7, 11) is 0. The summed E-state index contributed by atoms with van der Waals surface area (Å²) in [5, 5.41) is 12.1. The first-order chi connectivity index (χ1) is 10.1. The van der Waals surface area contributed by atoms with Crippen LogP contribution in [0.1, 0.15) is 31.2 Å². The molecule has 5 heteroatoms. The first-order valence-corrected chi connectivity index (χ1v) is 7.40. The molecule has 1 aromatic rings. The molecule has 112 valence electrons. The van der Waals surface area contributed by atoms with E-state index in [0.29, 0.717) is 12.1 Å². The zero-order chi connectivity index (χ0) is 15.2. The summed E-state index contributed by atoms with van der Waals surface area (Å²) in [5.41, 5.74) is 13.3. The summed E-state index contributed by atoms with van der Waals surface area (Å²) in [6.07, 6.45) is 4.28. The maximum absolute atomic E-state index is 12.3. The fourth-order valence-corrected chi connectivity index (χ4v) is 2.78. The molecular weight excluding hydrogens is 264 g/mol. The van der Waals surface area contributed by atoms with E-state index in [1.165, 1.54) is 0 Å². The molecule has 1 aromatic carbocycles. The van der Waals surface area contributed by atoms with Crippen LogP contribution < -0.4 is 16.8 Å². The fourth-order valence-electron chi connectivity index (χ4n) is 2.78. The van der Waals surface area contributed by atoms with E-state index in [4.69, 9.17) is 11.5 Å². The van der Waals surface area contributed by atoms with Crippen LogP contribution >= 0.6 is 0 Å². The molecule has 2 rings (SSSR count). The van der Waals surface area contributed by atoms with Gasteiger partial charge in [-0.15, -0.1) is 0 Å². The second-order valence-corrected chi connectivity index (χ2v) is 5.69. The van der Waals surface area contributed by atoms with Crippen LogP contribution in [0.2, 0.25) is 0 Å². The zero-order valence-corrected chi connectivity index (χ0v) is 12.1. The molecule has 0 unspecified atom stereocenters. The summed E-state index contributed by atoms with van der Waals surface area (Å²) in [6, 6.07) is 8.86. The number of amides is 1. The first-order valence-electron chi connectivity index (χ1n) is 7.40. The van der Waals surface area contributed by atoms with Crippen LogP contribution in [0.4, 0.5) is 5.69 Å². The maximum Gasteiger partial charge on any atom is 0.225 e. The van der Waals surface area contributed by atoms with Gasteiger partial charge >= 0.3 is 0 Å². The van der Waals surface area contributed by atoms with Crippen LogP contribution in [0.15, 0.2) is 24.3 Å². The van der Waals surface area contributed by atoms with Gasteiger partial charge < -0.3 is 16.8 Å². The SMILES string of the molecule is N#C[C@H](Cc1ccc(N)cc1)NC(=O)[C@@H]1CCCC[C@@H]1N. The lowest BCUT2D eigenvalue weighted by atomic mass is 9.84. The van der Waals surface area contributed by atoms with Gasteiger partial charge in [-0.3, -0.25) is 4.79 Å². The number of hydrogen-bond donors (Lipinski definition) is 3. The van der Waals surface area contributed by atoms with Crippen molar-refractivity contribution in [1.29, 1.82) is 5.26 Å². The number of nitrogen functional groups attached to an aromatic ring is 1. The molecule has 0 aliphatic heterocycles. The summed E-state index contributed by atoms with van der Waals surface area (Å²) < 4.78 is 0. The monoisotopic (exact) mass is 286 g/mol. The molecule has 1 aliphatic carbocycles. The summed E-state index contributed by atoms with van der Waals surface area (Å²) in [5.74, 6) is -0.259. The number of nitrogens with one attached hydrogen (secondary N) is 1. The number of anilines is 1. The third-order valence-corrected chi connectivity index (χ3v) is 4.05. The van der Waals surface area contributed by atoms with Gasteiger partial charge in [-0.25, -0.2) is 0 Å². The topological polar surface area (TPSA) is 105 Å². The van der Waals surface area contributed by atoms with Crippen molar-refractivity contribution in [1.82, 2.24) is 5.32 Å². The van der Waals surface area contributed by atoms with Gasteiger partial charge in [0, 0.05) is 18.2 Å². The molecule has 21 heavy (non-hydrogen) atoms. The maximum atomic E-state index is 12.3. The summed E-state index contributed by atoms with van der Waals surface area (Å²) in [4.78, 5) is 12.3. The zero-order valence-electron chi connectivity index (χ0n) is 12.1. The molecule has 0 spiro atoms. The third-order valence-electron chi connectivity index (χ3n) is 4.05. The van der Waals surface area contributed by atoms with Crippen LogP contribution in [0.25, 0.3) is 0 Å². The van der Waals surface area contributed by atoms with Crippen molar-refractivity contribution in [2.75, 3.05) is 5.73 Å². The Bertz CT molecular complexity index is 520. The molecule has 3 atom stereocenters. The highest BCUT2D eigenvalue weighted by molar-refractivity contribution is 5.80. The molecule has 0 heterocycles. The Labute approximate surface area is 125 Å². The van der Waals surface area contributed by atoms with Crippen molar-refractivity contribution in [2.24, 2.45) is 11.7 Å². The Hall–Kier alpha value is -2.06. The highest BCUT2D eigenvalue weighted by Gasteiger charge is 2.29. The van der Waals surface area contributed by atoms with E-state index in [1.54, 1.807) is 12.1 Å². The predicted octanol–water partition coefficient (Wildman–Crippen LogP) is 1.34. The number of nitriles is 1. The highest BCUT2D eigenvalue weighted by atomic mass is 16.2.